The van der Waals surface area contributed by atoms with Gasteiger partial charge in [0, 0.05) is 12.1 Å². The molecule has 0 spiro atoms. The Labute approximate surface area is 103 Å². The summed E-state index contributed by atoms with van der Waals surface area (Å²) in [5, 5.41) is 13.8. The fraction of sp³-hybridized carbons (Fsp3) is 0.500. The lowest BCUT2D eigenvalue weighted by atomic mass is 10.2. The van der Waals surface area contributed by atoms with E-state index in [4.69, 9.17) is 0 Å². The number of hydrogen-bond acceptors (Lipinski definition) is 4. The first-order valence-electron chi connectivity index (χ1n) is 4.96. The third-order valence-corrected chi connectivity index (χ3v) is 3.08. The summed E-state index contributed by atoms with van der Waals surface area (Å²) in [6.07, 6.45) is 1.28. The second-order valence-electron chi connectivity index (χ2n) is 3.96. The largest absolute Gasteiger partial charge is 0.369 e. The van der Waals surface area contributed by atoms with E-state index in [2.05, 4.69) is 40.1 Å². The van der Waals surface area contributed by atoms with E-state index in [1.807, 2.05) is 0 Å². The van der Waals surface area contributed by atoms with Crippen molar-refractivity contribution in [2.75, 3.05) is 11.9 Å². The molecule has 0 aliphatic rings. The minimum atomic E-state index is -0.431. The predicted molar refractivity (Wildman–Crippen MR) is 66.7 cm³/mol. The van der Waals surface area contributed by atoms with Gasteiger partial charge in [0.2, 0.25) is 0 Å². The van der Waals surface area contributed by atoms with Crippen molar-refractivity contribution in [2.24, 2.45) is 5.92 Å². The van der Waals surface area contributed by atoms with E-state index in [0.717, 1.165) is 6.54 Å². The lowest BCUT2D eigenvalue weighted by Gasteiger charge is -2.11. The van der Waals surface area contributed by atoms with E-state index in [-0.39, 0.29) is 5.69 Å². The van der Waals surface area contributed by atoms with Crippen LogP contribution in [0.5, 0.6) is 0 Å². The van der Waals surface area contributed by atoms with Gasteiger partial charge in [0.25, 0.3) is 5.69 Å². The van der Waals surface area contributed by atoms with Crippen LogP contribution in [0.4, 0.5) is 11.5 Å². The van der Waals surface area contributed by atoms with Crippen LogP contribution < -0.4 is 5.32 Å². The minimum Gasteiger partial charge on any atom is -0.369 e. The van der Waals surface area contributed by atoms with Crippen molar-refractivity contribution in [3.05, 3.63) is 26.3 Å². The van der Waals surface area contributed by atoms with Gasteiger partial charge in [-0.25, -0.2) is 4.98 Å². The van der Waals surface area contributed by atoms with Crippen LogP contribution in [0.2, 0.25) is 0 Å². The third-order valence-electron chi connectivity index (χ3n) is 2.11. The molecule has 0 bridgehead atoms. The van der Waals surface area contributed by atoms with Gasteiger partial charge < -0.3 is 5.32 Å². The Balaban J connectivity index is 2.98. The molecule has 6 heteroatoms. The number of pyridine rings is 1. The molecule has 1 heterocycles. The molecule has 0 saturated carbocycles. The maximum absolute atomic E-state index is 10.7. The average molecular weight is 288 g/mol. The average Bonchev–Trinajstić information content (AvgIpc) is 2.19. The number of nitro groups is 1. The Morgan fingerprint density at radius 1 is 1.62 bits per heavy atom. The minimum absolute atomic E-state index is 0.0296. The van der Waals surface area contributed by atoms with Gasteiger partial charge in [0.1, 0.15) is 12.0 Å². The molecule has 0 atom stereocenters. The van der Waals surface area contributed by atoms with Gasteiger partial charge in [-0.15, -0.1) is 0 Å². The predicted octanol–water partition coefficient (Wildman–Crippen LogP) is 3.13. The summed E-state index contributed by atoms with van der Waals surface area (Å²) < 4.78 is 0.655. The van der Waals surface area contributed by atoms with Crippen molar-refractivity contribution in [3.8, 4) is 0 Å². The lowest BCUT2D eigenvalue weighted by molar-refractivity contribution is -0.385. The molecule has 88 valence electrons. The molecule has 0 saturated heterocycles. The molecule has 1 aromatic rings. The first-order chi connectivity index (χ1) is 7.43. The number of nitrogens with zero attached hydrogens (tertiary/aromatic N) is 2. The Morgan fingerprint density at radius 2 is 2.25 bits per heavy atom. The number of aromatic nitrogens is 1. The topological polar surface area (TPSA) is 68.1 Å². The van der Waals surface area contributed by atoms with Crippen molar-refractivity contribution >= 4 is 27.4 Å². The van der Waals surface area contributed by atoms with Gasteiger partial charge in [-0.05, 0) is 28.8 Å². The Kier molecular flexibility index (Phi) is 4.23. The number of hydrogen-bond donors (Lipinski definition) is 1. The summed E-state index contributed by atoms with van der Waals surface area (Å²) in [7, 11) is 0. The second kappa shape index (κ2) is 5.25. The zero-order valence-electron chi connectivity index (χ0n) is 9.45. The van der Waals surface area contributed by atoms with Gasteiger partial charge in [0.15, 0.2) is 0 Å². The molecule has 1 N–H and O–H groups in total. The highest BCUT2D eigenvalue weighted by Gasteiger charge is 2.16. The molecule has 0 radical (unpaired) electrons. The van der Waals surface area contributed by atoms with Crippen LogP contribution in [0.3, 0.4) is 0 Å². The number of halogens is 1. The van der Waals surface area contributed by atoms with Crippen LogP contribution in [0.15, 0.2) is 10.7 Å². The monoisotopic (exact) mass is 287 g/mol. The summed E-state index contributed by atoms with van der Waals surface area (Å²) >= 11 is 3.32. The quantitative estimate of drug-likeness (QED) is 0.682. The van der Waals surface area contributed by atoms with Crippen molar-refractivity contribution in [2.45, 2.75) is 20.8 Å². The highest BCUT2D eigenvalue weighted by molar-refractivity contribution is 9.10. The van der Waals surface area contributed by atoms with Crippen molar-refractivity contribution in [1.82, 2.24) is 4.98 Å². The molecule has 0 aliphatic heterocycles. The molecule has 5 nitrogen and oxygen atoms in total. The number of anilines is 1. The van der Waals surface area contributed by atoms with E-state index in [9.17, 15) is 10.1 Å². The normalized spacial score (nSPS) is 10.6. The van der Waals surface area contributed by atoms with E-state index in [1.54, 1.807) is 6.92 Å². The fourth-order valence-corrected chi connectivity index (χ4v) is 1.62. The van der Waals surface area contributed by atoms with Gasteiger partial charge in [0.05, 0.1) is 9.40 Å². The van der Waals surface area contributed by atoms with Gasteiger partial charge in [-0.3, -0.25) is 10.1 Å². The van der Waals surface area contributed by atoms with E-state index < -0.39 is 4.92 Å². The van der Waals surface area contributed by atoms with Gasteiger partial charge in [-0.2, -0.15) is 0 Å². The van der Waals surface area contributed by atoms with Crippen LogP contribution in [-0.2, 0) is 0 Å². The standard InChI is InChI=1S/C10H14BrN3O2/c1-6(2)4-12-10-9(11)7(3)8(5-13-10)14(15)16/h5-6H,4H2,1-3H3,(H,12,13). The highest BCUT2D eigenvalue weighted by atomic mass is 79.9. The van der Waals surface area contributed by atoms with Gasteiger partial charge in [-0.1, -0.05) is 13.8 Å². The van der Waals surface area contributed by atoms with E-state index in [1.165, 1.54) is 6.20 Å². The summed E-state index contributed by atoms with van der Waals surface area (Å²) in [5.41, 5.74) is 0.619. The third kappa shape index (κ3) is 2.91. The first kappa shape index (κ1) is 12.9. The van der Waals surface area contributed by atoms with E-state index >= 15 is 0 Å². The highest BCUT2D eigenvalue weighted by Crippen LogP contribution is 2.30. The maximum Gasteiger partial charge on any atom is 0.291 e. The summed E-state index contributed by atoms with van der Waals surface area (Å²) in [5.74, 6) is 1.14. The first-order valence-corrected chi connectivity index (χ1v) is 5.76. The van der Waals surface area contributed by atoms with Crippen molar-refractivity contribution < 1.29 is 4.92 Å². The Hall–Kier alpha value is -1.17. The molecule has 1 rings (SSSR count). The van der Waals surface area contributed by atoms with Crippen molar-refractivity contribution in [3.63, 3.8) is 0 Å². The molecule has 16 heavy (non-hydrogen) atoms. The molecular weight excluding hydrogens is 274 g/mol. The smallest absolute Gasteiger partial charge is 0.291 e. The lowest BCUT2D eigenvalue weighted by Crippen LogP contribution is -2.10. The number of nitrogens with one attached hydrogen (secondary N) is 1. The van der Waals surface area contributed by atoms with Crippen LogP contribution in [-0.4, -0.2) is 16.5 Å². The molecule has 0 unspecified atom stereocenters. The van der Waals surface area contributed by atoms with Crippen LogP contribution >= 0.6 is 15.9 Å². The van der Waals surface area contributed by atoms with Gasteiger partial charge >= 0.3 is 0 Å². The molecule has 0 aromatic carbocycles. The van der Waals surface area contributed by atoms with Crippen LogP contribution in [0.1, 0.15) is 19.4 Å². The summed E-state index contributed by atoms with van der Waals surface area (Å²) in [4.78, 5) is 14.3. The molecular formula is C10H14BrN3O2. The summed E-state index contributed by atoms with van der Waals surface area (Å²) in [6.45, 7) is 6.64. The molecule has 0 amide bonds. The SMILES string of the molecule is Cc1c([N+](=O)[O-])cnc(NCC(C)C)c1Br. The molecule has 0 fully saturated rings. The van der Waals surface area contributed by atoms with Crippen LogP contribution in [0.25, 0.3) is 0 Å². The fourth-order valence-electron chi connectivity index (χ4n) is 1.18. The maximum atomic E-state index is 10.7. The van der Waals surface area contributed by atoms with Crippen LogP contribution in [0, 0.1) is 23.0 Å². The molecule has 0 aliphatic carbocycles. The zero-order valence-corrected chi connectivity index (χ0v) is 11.0. The Bertz CT molecular complexity index is 407. The number of rotatable bonds is 4. The summed E-state index contributed by atoms with van der Waals surface area (Å²) in [6, 6.07) is 0. The zero-order chi connectivity index (χ0) is 12.3. The molecule has 1 aromatic heterocycles. The van der Waals surface area contributed by atoms with Crippen molar-refractivity contribution in [1.29, 1.82) is 0 Å². The second-order valence-corrected chi connectivity index (χ2v) is 4.76. The van der Waals surface area contributed by atoms with E-state index in [0.29, 0.717) is 21.8 Å². The Morgan fingerprint density at radius 3 is 2.75 bits per heavy atom.